The van der Waals surface area contributed by atoms with E-state index in [1.54, 1.807) is 0 Å². The van der Waals surface area contributed by atoms with Crippen LogP contribution < -0.4 is 0 Å². The van der Waals surface area contributed by atoms with E-state index in [2.05, 4.69) is 34.6 Å². The Labute approximate surface area is 224 Å². The first-order chi connectivity index (χ1) is 17.3. The van der Waals surface area contributed by atoms with Crippen molar-refractivity contribution in [3.8, 4) is 0 Å². The first-order valence-corrected chi connectivity index (χ1v) is 15.2. The molecule has 0 saturated heterocycles. The summed E-state index contributed by atoms with van der Waals surface area (Å²) < 4.78 is 12.2. The second-order valence-corrected chi connectivity index (χ2v) is 14.3. The quantitative estimate of drug-likeness (QED) is 0.410. The molecule has 5 aliphatic rings. The third kappa shape index (κ3) is 3.79. The molecule has 10 atom stereocenters. The van der Waals surface area contributed by atoms with Crippen LogP contribution in [0.25, 0.3) is 0 Å². The number of rotatable bonds is 5. The average Bonchev–Trinajstić information content (AvgIpc) is 3.14. The van der Waals surface area contributed by atoms with Gasteiger partial charge in [0, 0.05) is 11.0 Å². The lowest BCUT2D eigenvalue weighted by Gasteiger charge is -2.70. The standard InChI is InChI=1S/C32H50O5/c1-8-20(33)17-26(34)37-25-18-24-30(5)15-10-14-29(4,9-2)22(30)13-16-31(24,6)23-12-11-21-19(3)36-28(35)27(21)32(23,25)7/h19-20,22-25,33H,8-18H2,1-7H3/t19-,20+,22+,23+,24-,25+,29+,30+,31+,32-/m1/s1. The Morgan fingerprint density at radius 3 is 2.43 bits per heavy atom. The average molecular weight is 515 g/mol. The molecule has 3 saturated carbocycles. The van der Waals surface area contributed by atoms with E-state index in [4.69, 9.17) is 9.47 Å². The Balaban J connectivity index is 1.60. The summed E-state index contributed by atoms with van der Waals surface area (Å²) in [6.45, 7) is 16.0. The van der Waals surface area contributed by atoms with E-state index in [1.165, 1.54) is 38.5 Å². The van der Waals surface area contributed by atoms with Crippen molar-refractivity contribution < 1.29 is 24.2 Å². The van der Waals surface area contributed by atoms with Crippen LogP contribution in [-0.2, 0) is 19.1 Å². The number of hydrogen-bond acceptors (Lipinski definition) is 5. The Morgan fingerprint density at radius 2 is 1.76 bits per heavy atom. The fourth-order valence-corrected chi connectivity index (χ4v) is 10.7. The van der Waals surface area contributed by atoms with Gasteiger partial charge in [-0.3, -0.25) is 4.79 Å². The van der Waals surface area contributed by atoms with E-state index in [0.29, 0.717) is 23.7 Å². The van der Waals surface area contributed by atoms with Crippen LogP contribution in [0.2, 0.25) is 0 Å². The number of cyclic esters (lactones) is 1. The van der Waals surface area contributed by atoms with E-state index in [9.17, 15) is 14.7 Å². The number of esters is 2. The van der Waals surface area contributed by atoms with E-state index in [0.717, 1.165) is 30.4 Å². The van der Waals surface area contributed by atoms with Crippen LogP contribution in [0.1, 0.15) is 119 Å². The van der Waals surface area contributed by atoms with Crippen molar-refractivity contribution in [2.75, 3.05) is 0 Å². The van der Waals surface area contributed by atoms with Crippen LogP contribution in [0.3, 0.4) is 0 Å². The molecule has 0 bridgehead atoms. The maximum atomic E-state index is 13.4. The van der Waals surface area contributed by atoms with Gasteiger partial charge in [-0.05, 0) is 97.9 Å². The normalized spacial score (nSPS) is 47.8. The highest BCUT2D eigenvalue weighted by Crippen LogP contribution is 2.74. The van der Waals surface area contributed by atoms with Crippen molar-refractivity contribution in [1.29, 1.82) is 0 Å². The summed E-state index contributed by atoms with van der Waals surface area (Å²) in [7, 11) is 0. The monoisotopic (exact) mass is 514 g/mol. The Bertz CT molecular complexity index is 986. The van der Waals surface area contributed by atoms with Gasteiger partial charge < -0.3 is 14.6 Å². The molecule has 0 unspecified atom stereocenters. The summed E-state index contributed by atoms with van der Waals surface area (Å²) in [5, 5.41) is 10.2. The summed E-state index contributed by atoms with van der Waals surface area (Å²) >= 11 is 0. The van der Waals surface area contributed by atoms with Crippen molar-refractivity contribution in [2.45, 2.75) is 137 Å². The molecule has 1 heterocycles. The molecule has 0 aromatic carbocycles. The minimum Gasteiger partial charge on any atom is -0.461 e. The van der Waals surface area contributed by atoms with E-state index < -0.39 is 11.5 Å². The minimum atomic E-state index is -0.692. The van der Waals surface area contributed by atoms with Crippen molar-refractivity contribution in [3.63, 3.8) is 0 Å². The molecule has 0 amide bonds. The molecule has 5 rings (SSSR count). The summed E-state index contributed by atoms with van der Waals surface area (Å²) in [4.78, 5) is 26.5. The van der Waals surface area contributed by atoms with Crippen LogP contribution in [-0.4, -0.2) is 35.4 Å². The molecule has 3 fully saturated rings. The summed E-state index contributed by atoms with van der Waals surface area (Å²) in [6, 6.07) is 0. The Kier molecular flexibility index (Phi) is 6.69. The number of carbonyl (C=O) groups excluding carboxylic acids is 2. The molecule has 37 heavy (non-hydrogen) atoms. The van der Waals surface area contributed by atoms with Gasteiger partial charge in [-0.25, -0.2) is 4.79 Å². The fourth-order valence-electron chi connectivity index (χ4n) is 10.7. The van der Waals surface area contributed by atoms with E-state index in [1.807, 2.05) is 13.8 Å². The van der Waals surface area contributed by atoms with Gasteiger partial charge in [-0.2, -0.15) is 0 Å². The van der Waals surface area contributed by atoms with Crippen LogP contribution >= 0.6 is 0 Å². The lowest BCUT2D eigenvalue weighted by molar-refractivity contribution is -0.228. The number of ether oxygens (including phenoxy) is 2. The minimum absolute atomic E-state index is 0.0102. The third-order valence-corrected chi connectivity index (χ3v) is 12.8. The zero-order valence-corrected chi connectivity index (χ0v) is 24.3. The molecule has 1 aliphatic heterocycles. The van der Waals surface area contributed by atoms with Crippen molar-refractivity contribution in [2.24, 2.45) is 39.4 Å². The summed E-state index contributed by atoms with van der Waals surface area (Å²) in [5.41, 5.74) is 2.01. The highest BCUT2D eigenvalue weighted by Gasteiger charge is 2.70. The van der Waals surface area contributed by atoms with Crippen LogP contribution in [0.15, 0.2) is 11.1 Å². The highest BCUT2D eigenvalue weighted by atomic mass is 16.6. The predicted octanol–water partition coefficient (Wildman–Crippen LogP) is 6.76. The van der Waals surface area contributed by atoms with Gasteiger partial charge in [-0.1, -0.05) is 54.4 Å². The lowest BCUT2D eigenvalue weighted by Crippen LogP contribution is -2.66. The van der Waals surface area contributed by atoms with Gasteiger partial charge in [0.1, 0.15) is 12.2 Å². The molecule has 0 radical (unpaired) electrons. The van der Waals surface area contributed by atoms with Crippen molar-refractivity contribution in [1.82, 2.24) is 0 Å². The molecule has 5 nitrogen and oxygen atoms in total. The molecular formula is C32H50O5. The molecule has 0 aromatic rings. The third-order valence-electron chi connectivity index (χ3n) is 12.8. The molecular weight excluding hydrogens is 464 g/mol. The zero-order valence-electron chi connectivity index (χ0n) is 24.3. The molecule has 5 heteroatoms. The Morgan fingerprint density at radius 1 is 1.05 bits per heavy atom. The second-order valence-electron chi connectivity index (χ2n) is 14.3. The maximum Gasteiger partial charge on any atom is 0.335 e. The number of hydrogen-bond donors (Lipinski definition) is 1. The SMILES string of the molecule is CC[C@H](O)CC(=O)O[C@H]1C[C@@H]2[C@@]3(C)CCC[C@](C)(CC)[C@@H]3CC[C@@]2(C)[C@@H]2CCC3=C(C(=O)O[C@@H]3C)[C@@]12C. The predicted molar refractivity (Wildman–Crippen MR) is 143 cm³/mol. The van der Waals surface area contributed by atoms with Crippen LogP contribution in [0.4, 0.5) is 0 Å². The Hall–Kier alpha value is -1.36. The largest absolute Gasteiger partial charge is 0.461 e. The van der Waals surface area contributed by atoms with Gasteiger partial charge in [0.2, 0.25) is 0 Å². The smallest absolute Gasteiger partial charge is 0.335 e. The van der Waals surface area contributed by atoms with Crippen LogP contribution in [0, 0.1) is 39.4 Å². The van der Waals surface area contributed by atoms with E-state index in [-0.39, 0.29) is 47.3 Å². The van der Waals surface area contributed by atoms with Crippen molar-refractivity contribution >= 4 is 11.9 Å². The molecule has 208 valence electrons. The number of fused-ring (bicyclic) bond motifs is 6. The van der Waals surface area contributed by atoms with Gasteiger partial charge in [0.25, 0.3) is 0 Å². The number of carbonyl (C=O) groups is 2. The first-order valence-electron chi connectivity index (χ1n) is 15.2. The topological polar surface area (TPSA) is 72.8 Å². The second kappa shape index (κ2) is 9.10. The van der Waals surface area contributed by atoms with E-state index >= 15 is 0 Å². The number of aliphatic hydroxyl groups excluding tert-OH is 1. The maximum absolute atomic E-state index is 13.4. The summed E-state index contributed by atoms with van der Waals surface area (Å²) in [6.07, 6.45) is 9.42. The lowest BCUT2D eigenvalue weighted by atomic mass is 9.35. The van der Waals surface area contributed by atoms with Gasteiger partial charge >= 0.3 is 11.9 Å². The molecule has 1 N–H and O–H groups in total. The summed E-state index contributed by atoms with van der Waals surface area (Å²) in [5.74, 6) is 0.831. The molecule has 0 aromatic heterocycles. The molecule has 4 aliphatic carbocycles. The fraction of sp³-hybridized carbons (Fsp3) is 0.875. The molecule has 0 spiro atoms. The highest BCUT2D eigenvalue weighted by molar-refractivity contribution is 5.94. The van der Waals surface area contributed by atoms with Crippen LogP contribution in [0.5, 0.6) is 0 Å². The van der Waals surface area contributed by atoms with Crippen molar-refractivity contribution in [3.05, 3.63) is 11.1 Å². The van der Waals surface area contributed by atoms with Gasteiger partial charge in [0.05, 0.1) is 12.5 Å². The zero-order chi connectivity index (χ0) is 27.0. The first kappa shape index (κ1) is 27.2. The number of aliphatic hydroxyl groups is 1. The van der Waals surface area contributed by atoms with Gasteiger partial charge in [-0.15, -0.1) is 0 Å². The van der Waals surface area contributed by atoms with Gasteiger partial charge in [0.15, 0.2) is 0 Å².